The summed E-state index contributed by atoms with van der Waals surface area (Å²) in [5.41, 5.74) is 5.97. The number of anilines is 1. The molecule has 1 fully saturated rings. The van der Waals surface area contributed by atoms with Crippen molar-refractivity contribution >= 4 is 11.7 Å². The molecule has 1 saturated heterocycles. The number of nitrogens with zero attached hydrogens (tertiary/aromatic N) is 3. The lowest BCUT2D eigenvalue weighted by atomic mass is 10.0. The summed E-state index contributed by atoms with van der Waals surface area (Å²) in [5, 5.41) is 3.08. The zero-order valence-electron chi connectivity index (χ0n) is 24.1. The van der Waals surface area contributed by atoms with Gasteiger partial charge in [-0.2, -0.15) is 13.2 Å². The number of H-pyrrole nitrogens is 1. The highest BCUT2D eigenvalue weighted by Gasteiger charge is 2.31. The predicted molar refractivity (Wildman–Crippen MR) is 159 cm³/mol. The second-order valence-corrected chi connectivity index (χ2v) is 11.1. The van der Waals surface area contributed by atoms with Gasteiger partial charge in [0.15, 0.2) is 0 Å². The molecular weight excluding hydrogens is 539 g/mol. The Morgan fingerprint density at radius 1 is 1.00 bits per heavy atom. The molecule has 0 unspecified atom stereocenters. The van der Waals surface area contributed by atoms with Crippen molar-refractivity contribution in [2.45, 2.75) is 58.9 Å². The number of piperidine rings is 1. The smallest absolute Gasteiger partial charge is 0.342 e. The number of benzene rings is 3. The van der Waals surface area contributed by atoms with Gasteiger partial charge in [0.05, 0.1) is 11.3 Å². The normalized spacial score (nSPS) is 14.6. The molecule has 0 aliphatic carbocycles. The van der Waals surface area contributed by atoms with Gasteiger partial charge in [0.25, 0.3) is 0 Å². The van der Waals surface area contributed by atoms with Crippen molar-refractivity contribution in [1.29, 1.82) is 0 Å². The fourth-order valence-electron chi connectivity index (χ4n) is 5.50. The number of carbonyl (C=O) groups is 1. The number of hydrogen-bond donors (Lipinski definition) is 2. The monoisotopic (exact) mass is 575 g/mol. The third kappa shape index (κ3) is 7.02. The van der Waals surface area contributed by atoms with Gasteiger partial charge in [-0.1, -0.05) is 54.1 Å². The van der Waals surface area contributed by atoms with Crippen LogP contribution in [0.2, 0.25) is 0 Å². The van der Waals surface area contributed by atoms with Crippen molar-refractivity contribution in [1.82, 2.24) is 19.8 Å². The van der Waals surface area contributed by atoms with Gasteiger partial charge >= 0.3 is 12.2 Å². The van der Waals surface area contributed by atoms with Crippen LogP contribution in [0.4, 0.5) is 23.7 Å². The van der Waals surface area contributed by atoms with Crippen LogP contribution in [0, 0.1) is 20.8 Å². The van der Waals surface area contributed by atoms with E-state index in [9.17, 15) is 18.0 Å². The molecule has 6 nitrogen and oxygen atoms in total. The van der Waals surface area contributed by atoms with Gasteiger partial charge in [0, 0.05) is 49.2 Å². The molecule has 1 aliphatic heterocycles. The highest BCUT2D eigenvalue weighted by atomic mass is 19.4. The lowest BCUT2D eigenvalue weighted by Crippen LogP contribution is -2.48. The zero-order chi connectivity index (χ0) is 29.9. The summed E-state index contributed by atoms with van der Waals surface area (Å²) in [7, 11) is 0. The number of aryl methyl sites for hydroxylation is 3. The number of hydrogen-bond acceptors (Lipinski definition) is 3. The fraction of sp³-hybridized carbons (Fsp3) is 0.333. The summed E-state index contributed by atoms with van der Waals surface area (Å²) < 4.78 is 38.9. The number of alkyl halides is 3. The second-order valence-electron chi connectivity index (χ2n) is 11.1. The van der Waals surface area contributed by atoms with Crippen LogP contribution in [0.15, 0.2) is 72.8 Å². The molecule has 2 heterocycles. The van der Waals surface area contributed by atoms with E-state index in [0.717, 1.165) is 60.7 Å². The van der Waals surface area contributed by atoms with Crippen molar-refractivity contribution in [3.8, 4) is 11.4 Å². The second kappa shape index (κ2) is 12.4. The minimum Gasteiger partial charge on any atom is -0.342 e. The average Bonchev–Trinajstić information content (AvgIpc) is 3.33. The van der Waals surface area contributed by atoms with Crippen LogP contribution in [0.5, 0.6) is 0 Å². The molecule has 3 aromatic carbocycles. The summed E-state index contributed by atoms with van der Waals surface area (Å²) in [6, 6.07) is 20.9. The van der Waals surface area contributed by atoms with Gasteiger partial charge in [-0.25, -0.2) is 9.78 Å². The number of para-hydroxylation sites is 1. The standard InChI is InChI=1S/C33H36F3N5O/c1-22-9-10-26(23(2)19-22)20-41(32(42)38-28-7-5-4-6-8-28)29-15-17-40(18-16-29)21-30-24(3)37-31(39-30)25-11-13-27(14-12-25)33(34,35)36/h4-14,19,29H,15-18,20-21H2,1-3H3,(H,37,39)(H,38,42). The van der Waals surface area contributed by atoms with Gasteiger partial charge in [0.1, 0.15) is 5.82 Å². The van der Waals surface area contributed by atoms with Crippen LogP contribution < -0.4 is 5.32 Å². The van der Waals surface area contributed by atoms with E-state index in [1.54, 1.807) is 0 Å². The van der Waals surface area contributed by atoms with Gasteiger partial charge in [-0.15, -0.1) is 0 Å². The highest BCUT2D eigenvalue weighted by molar-refractivity contribution is 5.89. The summed E-state index contributed by atoms with van der Waals surface area (Å²) >= 11 is 0. The molecule has 5 rings (SSSR count). The Morgan fingerprint density at radius 2 is 1.69 bits per heavy atom. The van der Waals surface area contributed by atoms with Crippen molar-refractivity contribution in [3.63, 3.8) is 0 Å². The number of aromatic nitrogens is 2. The van der Waals surface area contributed by atoms with Crippen molar-refractivity contribution in [2.24, 2.45) is 0 Å². The molecule has 220 valence electrons. The van der Waals surface area contributed by atoms with Crippen LogP contribution in [-0.4, -0.2) is 44.9 Å². The first-order valence-electron chi connectivity index (χ1n) is 14.2. The molecule has 2 amide bonds. The maximum Gasteiger partial charge on any atom is 0.416 e. The van der Waals surface area contributed by atoms with Gasteiger partial charge < -0.3 is 15.2 Å². The zero-order valence-corrected chi connectivity index (χ0v) is 24.1. The summed E-state index contributed by atoms with van der Waals surface area (Å²) in [6.45, 7) is 8.85. The van der Waals surface area contributed by atoms with E-state index >= 15 is 0 Å². The summed E-state index contributed by atoms with van der Waals surface area (Å²) in [4.78, 5) is 25.8. The number of nitrogens with one attached hydrogen (secondary N) is 2. The average molecular weight is 576 g/mol. The molecule has 9 heteroatoms. The Kier molecular flexibility index (Phi) is 8.68. The molecule has 0 saturated carbocycles. The lowest BCUT2D eigenvalue weighted by Gasteiger charge is -2.38. The Morgan fingerprint density at radius 3 is 2.33 bits per heavy atom. The minimum atomic E-state index is -4.37. The first-order valence-corrected chi connectivity index (χ1v) is 14.2. The number of likely N-dealkylation sites (tertiary alicyclic amines) is 1. The van der Waals surface area contributed by atoms with Crippen molar-refractivity contribution < 1.29 is 18.0 Å². The highest BCUT2D eigenvalue weighted by Crippen LogP contribution is 2.31. The lowest BCUT2D eigenvalue weighted by molar-refractivity contribution is -0.137. The van der Waals surface area contributed by atoms with E-state index in [4.69, 9.17) is 4.98 Å². The van der Waals surface area contributed by atoms with Crippen LogP contribution in [0.3, 0.4) is 0 Å². The van der Waals surface area contributed by atoms with E-state index in [0.29, 0.717) is 24.5 Å². The molecular formula is C33H36F3N5O. The van der Waals surface area contributed by atoms with Crippen LogP contribution >= 0.6 is 0 Å². The molecule has 0 atom stereocenters. The molecule has 0 spiro atoms. The van der Waals surface area contributed by atoms with E-state index in [-0.39, 0.29) is 12.1 Å². The summed E-state index contributed by atoms with van der Waals surface area (Å²) in [6.07, 6.45) is -2.73. The van der Waals surface area contributed by atoms with Gasteiger partial charge in [-0.3, -0.25) is 4.90 Å². The number of rotatable bonds is 7. The SMILES string of the molecule is Cc1ccc(CN(C(=O)Nc2ccccc2)C2CCN(Cc3nc(-c4ccc(C(F)(F)F)cc4)[nH]c3C)CC2)c(C)c1. The summed E-state index contributed by atoms with van der Waals surface area (Å²) in [5.74, 6) is 0.559. The minimum absolute atomic E-state index is 0.0775. The topological polar surface area (TPSA) is 64.3 Å². The number of imidazole rings is 1. The predicted octanol–water partition coefficient (Wildman–Crippen LogP) is 7.72. The fourth-order valence-corrected chi connectivity index (χ4v) is 5.50. The Hall–Kier alpha value is -4.11. The van der Waals surface area contributed by atoms with Crippen LogP contribution in [0.1, 0.15) is 46.5 Å². The molecule has 4 aromatic rings. The van der Waals surface area contributed by atoms with E-state index < -0.39 is 11.7 Å². The first kappa shape index (κ1) is 29.4. The van der Waals surface area contributed by atoms with Gasteiger partial charge in [0.2, 0.25) is 0 Å². The van der Waals surface area contributed by atoms with E-state index in [1.165, 1.54) is 23.3 Å². The van der Waals surface area contributed by atoms with Crippen LogP contribution in [-0.2, 0) is 19.3 Å². The molecule has 1 aliphatic rings. The number of aromatic amines is 1. The Bertz CT molecular complexity index is 1510. The quantitative estimate of drug-likeness (QED) is 0.237. The Labute approximate surface area is 244 Å². The van der Waals surface area contributed by atoms with Crippen molar-refractivity contribution in [2.75, 3.05) is 18.4 Å². The molecule has 1 aromatic heterocycles. The molecule has 2 N–H and O–H groups in total. The largest absolute Gasteiger partial charge is 0.416 e. The molecule has 42 heavy (non-hydrogen) atoms. The van der Waals surface area contributed by atoms with E-state index in [1.807, 2.05) is 42.2 Å². The van der Waals surface area contributed by atoms with Crippen LogP contribution in [0.25, 0.3) is 11.4 Å². The number of carbonyl (C=O) groups excluding carboxylic acids is 1. The number of urea groups is 1. The third-order valence-electron chi connectivity index (χ3n) is 7.97. The maximum absolute atomic E-state index is 13.5. The first-order chi connectivity index (χ1) is 20.1. The van der Waals surface area contributed by atoms with Gasteiger partial charge in [-0.05, 0) is 69.0 Å². The third-order valence-corrected chi connectivity index (χ3v) is 7.97. The van der Waals surface area contributed by atoms with E-state index in [2.05, 4.69) is 47.2 Å². The molecule has 0 radical (unpaired) electrons. The maximum atomic E-state index is 13.5. The number of amides is 2. The molecule has 0 bridgehead atoms. The van der Waals surface area contributed by atoms with Crippen molar-refractivity contribution in [3.05, 3.63) is 106 Å². The number of halogens is 3. The Balaban J connectivity index is 1.25.